The number of nitrogens with one attached hydrogen (secondary N) is 1. The average molecular weight is 349 g/mol. The molecule has 2 aromatic carbocycles. The summed E-state index contributed by atoms with van der Waals surface area (Å²) in [6.45, 7) is 1.52. The number of hydrogen-bond acceptors (Lipinski definition) is 5. The Balaban J connectivity index is 2.08. The third-order valence-corrected chi connectivity index (χ3v) is 5.43. The highest BCUT2D eigenvalue weighted by Gasteiger charge is 2.24. The van der Waals surface area contributed by atoms with E-state index in [0.717, 1.165) is 0 Å². The van der Waals surface area contributed by atoms with Crippen LogP contribution in [0.5, 0.6) is 11.5 Å². The van der Waals surface area contributed by atoms with Gasteiger partial charge in [-0.25, -0.2) is 8.42 Å². The molecular weight excluding hydrogens is 330 g/mol. The maximum atomic E-state index is 12.4. The highest BCUT2D eigenvalue weighted by Crippen LogP contribution is 2.23. The van der Waals surface area contributed by atoms with Crippen LogP contribution in [0.15, 0.2) is 53.4 Å². The Morgan fingerprint density at radius 1 is 1.17 bits per heavy atom. The zero-order valence-corrected chi connectivity index (χ0v) is 14.2. The molecule has 0 aliphatic carbocycles. The Labute approximate surface area is 141 Å². The number of anilines is 1. The molecule has 0 spiro atoms. The molecular formula is C17H19NO5S. The number of methoxy groups -OCH3 is 1. The first-order valence-corrected chi connectivity index (χ1v) is 8.94. The van der Waals surface area contributed by atoms with Crippen LogP contribution in [0.4, 0.5) is 5.69 Å². The summed E-state index contributed by atoms with van der Waals surface area (Å²) >= 11 is 0. The first-order chi connectivity index (χ1) is 11.3. The van der Waals surface area contributed by atoms with Gasteiger partial charge in [-0.1, -0.05) is 19.1 Å². The smallest absolute Gasteiger partial charge is 0.228 e. The molecule has 1 atom stereocenters. The van der Waals surface area contributed by atoms with Crippen molar-refractivity contribution in [3.05, 3.63) is 48.5 Å². The van der Waals surface area contributed by atoms with Crippen LogP contribution in [-0.2, 0) is 14.6 Å². The Morgan fingerprint density at radius 3 is 2.38 bits per heavy atom. The second-order valence-corrected chi connectivity index (χ2v) is 7.40. The van der Waals surface area contributed by atoms with E-state index >= 15 is 0 Å². The van der Waals surface area contributed by atoms with Gasteiger partial charge >= 0.3 is 0 Å². The fraction of sp³-hybridized carbons (Fsp3) is 0.235. The first kappa shape index (κ1) is 17.8. The average Bonchev–Trinajstić information content (AvgIpc) is 2.56. The molecule has 0 heterocycles. The quantitative estimate of drug-likeness (QED) is 0.782. The summed E-state index contributed by atoms with van der Waals surface area (Å²) in [7, 11) is -2.12. The zero-order chi connectivity index (χ0) is 17.7. The molecule has 0 saturated carbocycles. The van der Waals surface area contributed by atoms with E-state index in [2.05, 4.69) is 5.32 Å². The van der Waals surface area contributed by atoms with Crippen molar-refractivity contribution in [2.45, 2.75) is 11.8 Å². The largest absolute Gasteiger partial charge is 0.506 e. The third kappa shape index (κ3) is 4.26. The molecule has 7 heteroatoms. The number of ether oxygens (including phenoxy) is 1. The SMILES string of the molecule is COc1ccc(S(=O)(=O)CC(C)C(=O)Nc2ccccc2O)cc1. The zero-order valence-electron chi connectivity index (χ0n) is 13.4. The highest BCUT2D eigenvalue weighted by molar-refractivity contribution is 7.91. The van der Waals surface area contributed by atoms with Gasteiger partial charge in [0.25, 0.3) is 0 Å². The van der Waals surface area contributed by atoms with Gasteiger partial charge in [0.15, 0.2) is 9.84 Å². The van der Waals surface area contributed by atoms with Crippen molar-refractivity contribution in [3.63, 3.8) is 0 Å². The number of carbonyl (C=O) groups is 1. The van der Waals surface area contributed by atoms with E-state index in [1.165, 1.54) is 38.3 Å². The number of para-hydroxylation sites is 2. The van der Waals surface area contributed by atoms with Crippen molar-refractivity contribution in [1.82, 2.24) is 0 Å². The normalized spacial score (nSPS) is 12.4. The lowest BCUT2D eigenvalue weighted by atomic mass is 10.2. The van der Waals surface area contributed by atoms with Crippen LogP contribution in [0.2, 0.25) is 0 Å². The van der Waals surface area contributed by atoms with Gasteiger partial charge in [-0.05, 0) is 36.4 Å². The van der Waals surface area contributed by atoms with Gasteiger partial charge in [-0.2, -0.15) is 0 Å². The molecule has 0 aromatic heterocycles. The van der Waals surface area contributed by atoms with Crippen molar-refractivity contribution in [2.75, 3.05) is 18.2 Å². The standard InChI is InChI=1S/C17H19NO5S/c1-12(17(20)18-15-5-3-4-6-16(15)19)11-24(21,22)14-9-7-13(23-2)8-10-14/h3-10,12,19H,11H2,1-2H3,(H,18,20). The molecule has 24 heavy (non-hydrogen) atoms. The number of phenols is 1. The number of carbonyl (C=O) groups excluding carboxylic acids is 1. The lowest BCUT2D eigenvalue weighted by Crippen LogP contribution is -2.27. The number of aromatic hydroxyl groups is 1. The van der Waals surface area contributed by atoms with Crippen LogP contribution in [0.25, 0.3) is 0 Å². The van der Waals surface area contributed by atoms with E-state index in [0.29, 0.717) is 5.75 Å². The Hall–Kier alpha value is -2.54. The van der Waals surface area contributed by atoms with E-state index in [1.807, 2.05) is 0 Å². The van der Waals surface area contributed by atoms with Gasteiger partial charge in [0.1, 0.15) is 11.5 Å². The van der Waals surface area contributed by atoms with Crippen LogP contribution in [-0.4, -0.2) is 32.3 Å². The molecule has 0 fully saturated rings. The predicted molar refractivity (Wildman–Crippen MR) is 90.9 cm³/mol. The Morgan fingerprint density at radius 2 is 1.79 bits per heavy atom. The highest BCUT2D eigenvalue weighted by atomic mass is 32.2. The second kappa shape index (κ2) is 7.35. The van der Waals surface area contributed by atoms with Gasteiger partial charge in [-0.15, -0.1) is 0 Å². The topological polar surface area (TPSA) is 92.7 Å². The summed E-state index contributed by atoms with van der Waals surface area (Å²) in [5.41, 5.74) is 0.246. The summed E-state index contributed by atoms with van der Waals surface area (Å²) < 4.78 is 29.8. The summed E-state index contributed by atoms with van der Waals surface area (Å²) in [5, 5.41) is 12.2. The molecule has 128 valence electrons. The van der Waals surface area contributed by atoms with E-state index in [1.54, 1.807) is 24.3 Å². The molecule has 2 aromatic rings. The van der Waals surface area contributed by atoms with Crippen LogP contribution in [0, 0.1) is 5.92 Å². The van der Waals surface area contributed by atoms with Crippen molar-refractivity contribution in [2.24, 2.45) is 5.92 Å². The molecule has 0 saturated heterocycles. The van der Waals surface area contributed by atoms with E-state index in [-0.39, 0.29) is 22.1 Å². The number of rotatable bonds is 6. The molecule has 2 N–H and O–H groups in total. The van der Waals surface area contributed by atoms with Gasteiger partial charge in [-0.3, -0.25) is 4.79 Å². The second-order valence-electron chi connectivity index (χ2n) is 5.36. The number of amides is 1. The van der Waals surface area contributed by atoms with E-state index < -0.39 is 21.7 Å². The summed E-state index contributed by atoms with van der Waals surface area (Å²) in [6.07, 6.45) is 0. The van der Waals surface area contributed by atoms with Gasteiger partial charge in [0, 0.05) is 5.92 Å². The number of sulfone groups is 1. The molecule has 0 aliphatic heterocycles. The lowest BCUT2D eigenvalue weighted by Gasteiger charge is -2.13. The van der Waals surface area contributed by atoms with Crippen molar-refractivity contribution in [1.29, 1.82) is 0 Å². The van der Waals surface area contributed by atoms with Gasteiger partial charge in [0.2, 0.25) is 5.91 Å². The fourth-order valence-electron chi connectivity index (χ4n) is 2.12. The molecule has 2 rings (SSSR count). The van der Waals surface area contributed by atoms with Crippen LogP contribution in [0.3, 0.4) is 0 Å². The van der Waals surface area contributed by atoms with E-state index in [4.69, 9.17) is 4.74 Å². The molecule has 1 unspecified atom stereocenters. The summed E-state index contributed by atoms with van der Waals surface area (Å²) in [4.78, 5) is 12.3. The molecule has 1 amide bonds. The molecule has 0 radical (unpaired) electrons. The molecule has 0 bridgehead atoms. The Kier molecular flexibility index (Phi) is 5.46. The maximum absolute atomic E-state index is 12.4. The van der Waals surface area contributed by atoms with Crippen molar-refractivity contribution < 1.29 is 23.1 Å². The van der Waals surface area contributed by atoms with Crippen LogP contribution >= 0.6 is 0 Å². The van der Waals surface area contributed by atoms with Gasteiger partial charge < -0.3 is 15.2 Å². The predicted octanol–water partition coefficient (Wildman–Crippen LogP) is 2.45. The maximum Gasteiger partial charge on any atom is 0.228 e. The number of phenolic OH excluding ortho intramolecular Hbond substituents is 1. The van der Waals surface area contributed by atoms with Crippen molar-refractivity contribution >= 4 is 21.4 Å². The number of benzene rings is 2. The summed E-state index contributed by atoms with van der Waals surface area (Å²) in [6, 6.07) is 12.3. The fourth-order valence-corrected chi connectivity index (χ4v) is 3.67. The monoisotopic (exact) mass is 349 g/mol. The minimum atomic E-state index is -3.61. The van der Waals surface area contributed by atoms with E-state index in [9.17, 15) is 18.3 Å². The van der Waals surface area contributed by atoms with Crippen LogP contribution in [0.1, 0.15) is 6.92 Å². The molecule has 6 nitrogen and oxygen atoms in total. The van der Waals surface area contributed by atoms with Crippen molar-refractivity contribution in [3.8, 4) is 11.5 Å². The third-order valence-electron chi connectivity index (χ3n) is 3.50. The van der Waals surface area contributed by atoms with Gasteiger partial charge in [0.05, 0.1) is 23.4 Å². The lowest BCUT2D eigenvalue weighted by molar-refractivity contribution is -0.118. The number of hydrogen-bond donors (Lipinski definition) is 2. The minimum absolute atomic E-state index is 0.0731. The molecule has 0 aliphatic rings. The Bertz CT molecular complexity index is 815. The minimum Gasteiger partial charge on any atom is -0.506 e. The summed E-state index contributed by atoms with van der Waals surface area (Å²) in [5.74, 6) is -1.11. The first-order valence-electron chi connectivity index (χ1n) is 7.29. The van der Waals surface area contributed by atoms with Crippen LogP contribution < -0.4 is 10.1 Å².